The number of alkyl carbamates (subject to hydrolysis) is 1. The zero-order valence-electron chi connectivity index (χ0n) is 26.3. The highest BCUT2D eigenvalue weighted by Crippen LogP contribution is 2.38. The van der Waals surface area contributed by atoms with Crippen LogP contribution in [0, 0.1) is 18.8 Å². The minimum atomic E-state index is -4.51. The van der Waals surface area contributed by atoms with Gasteiger partial charge in [-0.15, -0.1) is 11.3 Å². The topological polar surface area (TPSA) is 168 Å². The van der Waals surface area contributed by atoms with Gasteiger partial charge in [-0.3, -0.25) is 0 Å². The van der Waals surface area contributed by atoms with Crippen molar-refractivity contribution < 1.29 is 42.4 Å². The quantitative estimate of drug-likeness (QED) is 0.191. The van der Waals surface area contributed by atoms with Gasteiger partial charge >= 0.3 is 18.2 Å². The summed E-state index contributed by atoms with van der Waals surface area (Å²) >= 11 is 1.35. The van der Waals surface area contributed by atoms with Gasteiger partial charge in [0, 0.05) is 5.92 Å². The van der Waals surface area contributed by atoms with Crippen LogP contribution >= 0.6 is 11.3 Å². The number of thiazole rings is 1. The molecule has 1 saturated carbocycles. The van der Waals surface area contributed by atoms with E-state index in [1.807, 2.05) is 24.3 Å². The van der Waals surface area contributed by atoms with Crippen molar-refractivity contribution in [2.45, 2.75) is 84.0 Å². The molecule has 12 nitrogen and oxygen atoms in total. The number of alkyl halides is 3. The Labute approximate surface area is 268 Å². The molecule has 2 heterocycles. The van der Waals surface area contributed by atoms with Crippen molar-refractivity contribution in [1.82, 2.24) is 20.3 Å². The minimum Gasteiger partial charge on any atom is -0.464 e. The molecule has 1 amide bonds. The van der Waals surface area contributed by atoms with Gasteiger partial charge in [-0.2, -0.15) is 18.2 Å². The average Bonchev–Trinajstić information content (AvgIpc) is 3.48. The van der Waals surface area contributed by atoms with Gasteiger partial charge in [0.15, 0.2) is 0 Å². The van der Waals surface area contributed by atoms with Gasteiger partial charge in [-0.1, -0.05) is 26.0 Å². The van der Waals surface area contributed by atoms with Crippen LogP contribution in [0.25, 0.3) is 20.8 Å². The Hall–Kier alpha value is -3.76. The second-order valence-corrected chi connectivity index (χ2v) is 13.6. The number of nitrogens with zero attached hydrogens (tertiary/aromatic N) is 3. The Kier molecular flexibility index (Phi) is 10.6. The third-order valence-electron chi connectivity index (χ3n) is 7.20. The Balaban J connectivity index is 1.52. The van der Waals surface area contributed by atoms with Crippen molar-refractivity contribution in [1.29, 1.82) is 0 Å². The lowest BCUT2D eigenvalue weighted by atomic mass is 10.0. The fraction of sp³-hybridized carbons (Fsp3) is 0.567. The lowest BCUT2D eigenvalue weighted by Gasteiger charge is -2.25. The van der Waals surface area contributed by atoms with Gasteiger partial charge in [0.05, 0.1) is 40.2 Å². The second-order valence-electron chi connectivity index (χ2n) is 12.5. The number of rotatable bonds is 10. The zero-order valence-corrected chi connectivity index (χ0v) is 27.1. The van der Waals surface area contributed by atoms with E-state index in [-0.39, 0.29) is 30.7 Å². The van der Waals surface area contributed by atoms with Crippen LogP contribution in [0.2, 0.25) is 0 Å². The number of aliphatic hydroxyl groups excluding tert-OH is 2. The largest absolute Gasteiger partial charge is 0.464 e. The average molecular weight is 669 g/mol. The normalized spacial score (nSPS) is 20.9. The summed E-state index contributed by atoms with van der Waals surface area (Å²) in [6, 6.07) is 5.56. The molecular formula is C30H39F3N6O6S. The van der Waals surface area contributed by atoms with E-state index in [0.29, 0.717) is 21.8 Å². The van der Waals surface area contributed by atoms with E-state index in [2.05, 4.69) is 30.9 Å². The van der Waals surface area contributed by atoms with E-state index in [1.54, 1.807) is 41.5 Å². The van der Waals surface area contributed by atoms with Crippen molar-refractivity contribution in [2.75, 3.05) is 23.8 Å². The summed E-state index contributed by atoms with van der Waals surface area (Å²) in [6.07, 6.45) is -7.82. The SMILES string of the molecule is Cc1nc(NCC(F)(F)F)nc(N[C@@H]2C[C@H](COC(=O)[C@@H](NC(=O)OC(C)(C)C)C(C)C)[C@@H](O)[C@H]2O)c1-c1nc2ccccc2s1. The van der Waals surface area contributed by atoms with Crippen LogP contribution in [0.15, 0.2) is 24.3 Å². The molecule has 3 aromatic rings. The molecule has 0 aliphatic heterocycles. The second kappa shape index (κ2) is 13.9. The lowest BCUT2D eigenvalue weighted by Crippen LogP contribution is -2.47. The van der Waals surface area contributed by atoms with Crippen LogP contribution in [0.4, 0.5) is 29.7 Å². The predicted octanol–water partition coefficient (Wildman–Crippen LogP) is 4.65. The molecule has 1 aromatic carbocycles. The number of ether oxygens (including phenoxy) is 2. The molecule has 4 rings (SSSR count). The van der Waals surface area contributed by atoms with Crippen LogP contribution in [0.1, 0.15) is 46.7 Å². The highest BCUT2D eigenvalue weighted by molar-refractivity contribution is 7.21. The summed E-state index contributed by atoms with van der Waals surface area (Å²) in [4.78, 5) is 38.4. The molecule has 0 saturated heterocycles. The predicted molar refractivity (Wildman–Crippen MR) is 166 cm³/mol. The fourth-order valence-corrected chi connectivity index (χ4v) is 6.05. The number of benzene rings is 1. The number of carbonyl (C=O) groups is 2. The van der Waals surface area contributed by atoms with Crippen molar-refractivity contribution >= 4 is 45.4 Å². The van der Waals surface area contributed by atoms with Crippen LogP contribution in [-0.2, 0) is 14.3 Å². The molecule has 1 aliphatic rings. The summed E-state index contributed by atoms with van der Waals surface area (Å²) in [5.74, 6) is -1.94. The molecule has 1 fully saturated rings. The van der Waals surface area contributed by atoms with Gasteiger partial charge in [0.25, 0.3) is 0 Å². The number of hydrogen-bond donors (Lipinski definition) is 5. The smallest absolute Gasteiger partial charge is 0.408 e. The molecule has 252 valence electrons. The van der Waals surface area contributed by atoms with E-state index in [1.165, 1.54) is 11.3 Å². The van der Waals surface area contributed by atoms with Crippen molar-refractivity contribution in [2.24, 2.45) is 11.8 Å². The van der Waals surface area contributed by atoms with Crippen LogP contribution in [-0.4, -0.2) is 86.4 Å². The lowest BCUT2D eigenvalue weighted by molar-refractivity contribution is -0.150. The van der Waals surface area contributed by atoms with Crippen molar-refractivity contribution in [3.63, 3.8) is 0 Å². The van der Waals surface area contributed by atoms with Gasteiger partial charge in [-0.25, -0.2) is 19.6 Å². The van der Waals surface area contributed by atoms with E-state index < -0.39 is 60.6 Å². The first-order valence-electron chi connectivity index (χ1n) is 14.8. The number of fused-ring (bicyclic) bond motifs is 1. The van der Waals surface area contributed by atoms with E-state index >= 15 is 0 Å². The van der Waals surface area contributed by atoms with Gasteiger partial charge in [-0.05, 0) is 52.2 Å². The molecule has 2 aromatic heterocycles. The van der Waals surface area contributed by atoms with Gasteiger partial charge < -0.3 is 35.6 Å². The Morgan fingerprint density at radius 2 is 1.78 bits per heavy atom. The van der Waals surface area contributed by atoms with E-state index in [4.69, 9.17) is 9.47 Å². The number of amides is 1. The number of carbonyl (C=O) groups excluding carboxylic acids is 2. The van der Waals surface area contributed by atoms with Crippen molar-refractivity contribution in [3.8, 4) is 10.6 Å². The summed E-state index contributed by atoms with van der Waals surface area (Å²) in [6.45, 7) is 8.52. The maximum atomic E-state index is 13.0. The number of aromatic nitrogens is 3. The number of hydrogen-bond acceptors (Lipinski definition) is 12. The van der Waals surface area contributed by atoms with Crippen LogP contribution < -0.4 is 16.0 Å². The third kappa shape index (κ3) is 8.94. The first-order chi connectivity index (χ1) is 21.4. The monoisotopic (exact) mass is 668 g/mol. The summed E-state index contributed by atoms with van der Waals surface area (Å²) in [7, 11) is 0. The molecular weight excluding hydrogens is 629 g/mol. The summed E-state index contributed by atoms with van der Waals surface area (Å²) in [5.41, 5.74) is 0.720. The Bertz CT molecular complexity index is 1510. The number of esters is 1. The highest BCUT2D eigenvalue weighted by atomic mass is 32.1. The maximum Gasteiger partial charge on any atom is 0.408 e. The standard InChI is InChI=1S/C30H39F3N6O6S/c1-14(2)21(38-28(43)45-29(4,5)6)26(42)44-12-16-11-18(23(41)22(16)40)36-24-20(25-37-17-9-7-8-10-19(17)46-25)15(3)35-27(39-24)34-13-30(31,32)33/h7-10,14,16,18,21-23,40-41H,11-13H2,1-6H3,(H,38,43)(H2,34,35,36,39)/t16-,18-,21+,22-,23+/m1/s1. The molecule has 0 spiro atoms. The zero-order chi connectivity index (χ0) is 34.0. The molecule has 1 aliphatic carbocycles. The molecule has 0 radical (unpaired) electrons. The molecule has 46 heavy (non-hydrogen) atoms. The first-order valence-corrected chi connectivity index (χ1v) is 15.6. The van der Waals surface area contributed by atoms with Crippen LogP contribution in [0.3, 0.4) is 0 Å². The Morgan fingerprint density at radius 1 is 1.09 bits per heavy atom. The molecule has 16 heteroatoms. The number of para-hydroxylation sites is 1. The summed E-state index contributed by atoms with van der Waals surface area (Å²) < 4.78 is 50.5. The number of halogens is 3. The minimum absolute atomic E-state index is 0.117. The van der Waals surface area contributed by atoms with Crippen LogP contribution in [0.5, 0.6) is 0 Å². The molecule has 0 bridgehead atoms. The molecule has 0 unspecified atom stereocenters. The molecule has 5 atom stereocenters. The first kappa shape index (κ1) is 35.1. The number of aliphatic hydroxyl groups is 2. The van der Waals surface area contributed by atoms with Gasteiger partial charge in [0.1, 0.15) is 35.1 Å². The molecule has 5 N–H and O–H groups in total. The van der Waals surface area contributed by atoms with Gasteiger partial charge in [0.2, 0.25) is 5.95 Å². The third-order valence-corrected chi connectivity index (χ3v) is 8.25. The maximum absolute atomic E-state index is 13.0. The van der Waals surface area contributed by atoms with E-state index in [9.17, 15) is 33.0 Å². The Morgan fingerprint density at radius 3 is 2.41 bits per heavy atom. The number of aryl methyl sites for hydroxylation is 1. The van der Waals surface area contributed by atoms with Crippen molar-refractivity contribution in [3.05, 3.63) is 30.0 Å². The van der Waals surface area contributed by atoms with E-state index in [0.717, 1.165) is 4.70 Å². The highest BCUT2D eigenvalue weighted by Gasteiger charge is 2.43. The number of nitrogens with one attached hydrogen (secondary N) is 3. The fourth-order valence-electron chi connectivity index (χ4n) is 4.99. The number of anilines is 2. The summed E-state index contributed by atoms with van der Waals surface area (Å²) in [5, 5.41) is 30.1.